The molecule has 140 valence electrons. The first kappa shape index (κ1) is 19.2. The van der Waals surface area contributed by atoms with Crippen molar-refractivity contribution in [3.63, 3.8) is 0 Å². The molecule has 2 N–H and O–H groups in total. The van der Waals surface area contributed by atoms with Gasteiger partial charge < -0.3 is 15.4 Å². The Balaban J connectivity index is 1.60. The van der Waals surface area contributed by atoms with Crippen molar-refractivity contribution in [1.82, 2.24) is 10.2 Å². The minimum atomic E-state index is -0.324. The molecule has 3 rings (SSSR count). The van der Waals surface area contributed by atoms with Gasteiger partial charge in [0.2, 0.25) is 11.0 Å². The van der Waals surface area contributed by atoms with Gasteiger partial charge in [-0.3, -0.25) is 4.79 Å². The molecule has 2 aromatic carbocycles. The Morgan fingerprint density at radius 2 is 2.00 bits per heavy atom. The number of carbonyl (C=O) groups excluding carboxylic acids is 1. The van der Waals surface area contributed by atoms with E-state index in [1.807, 2.05) is 56.3 Å². The number of methoxy groups -OCH3 is 1. The smallest absolute Gasteiger partial charge is 0.237 e. The fraction of sp³-hybridized carbons (Fsp3) is 0.211. The number of nitrogens with one attached hydrogen (secondary N) is 2. The number of ether oxygens (including phenoxy) is 1. The molecule has 0 radical (unpaired) electrons. The fourth-order valence-corrected chi connectivity index (χ4v) is 4.26. The molecule has 0 aliphatic heterocycles. The number of nitrogens with zero attached hydrogens (tertiary/aromatic N) is 2. The lowest BCUT2D eigenvalue weighted by Crippen LogP contribution is -2.22. The van der Waals surface area contributed by atoms with E-state index < -0.39 is 0 Å². The lowest BCUT2D eigenvalue weighted by atomic mass is 10.2. The maximum Gasteiger partial charge on any atom is 0.237 e. The number of aromatic nitrogens is 2. The summed E-state index contributed by atoms with van der Waals surface area (Å²) in [6.45, 7) is 3.87. The first-order valence-corrected chi connectivity index (χ1v) is 10.0. The highest BCUT2D eigenvalue weighted by atomic mass is 32.2. The minimum absolute atomic E-state index is 0.118. The second-order valence-electron chi connectivity index (χ2n) is 5.82. The number of thioether (sulfide) groups is 1. The van der Waals surface area contributed by atoms with Gasteiger partial charge in [0, 0.05) is 5.69 Å². The summed E-state index contributed by atoms with van der Waals surface area (Å²) in [5.74, 6) is 0.511. The van der Waals surface area contributed by atoms with Crippen LogP contribution < -0.4 is 15.4 Å². The monoisotopic (exact) mass is 400 g/mol. The van der Waals surface area contributed by atoms with Crippen molar-refractivity contribution in [2.45, 2.75) is 23.4 Å². The van der Waals surface area contributed by atoms with E-state index in [0.29, 0.717) is 16.6 Å². The van der Waals surface area contributed by atoms with E-state index in [2.05, 4.69) is 20.8 Å². The molecule has 0 aliphatic rings. The highest BCUT2D eigenvalue weighted by molar-refractivity contribution is 8.02. The summed E-state index contributed by atoms with van der Waals surface area (Å²) < 4.78 is 5.99. The standard InChI is InChI=1S/C19H20N4O2S2/c1-12-7-6-8-14(11-12)20-18-22-23-19(27-18)26-13(2)17(24)21-15-9-4-5-10-16(15)25-3/h4-11,13H,1-3H3,(H,20,22)(H,21,24). The van der Waals surface area contributed by atoms with Gasteiger partial charge in [0.1, 0.15) is 5.75 Å². The molecular weight excluding hydrogens is 380 g/mol. The zero-order chi connectivity index (χ0) is 19.2. The van der Waals surface area contributed by atoms with Crippen molar-refractivity contribution in [3.05, 3.63) is 54.1 Å². The predicted molar refractivity (Wildman–Crippen MR) is 111 cm³/mol. The summed E-state index contributed by atoms with van der Waals surface area (Å²) in [6.07, 6.45) is 0. The number of para-hydroxylation sites is 2. The number of amides is 1. The van der Waals surface area contributed by atoms with Crippen molar-refractivity contribution in [2.75, 3.05) is 17.7 Å². The number of benzene rings is 2. The Labute approximate surface area is 166 Å². The Bertz CT molecular complexity index is 929. The van der Waals surface area contributed by atoms with Crippen LogP contribution >= 0.6 is 23.1 Å². The maximum atomic E-state index is 12.5. The summed E-state index contributed by atoms with van der Waals surface area (Å²) in [6, 6.07) is 15.4. The second kappa shape index (κ2) is 8.88. The van der Waals surface area contributed by atoms with E-state index in [1.165, 1.54) is 28.7 Å². The largest absolute Gasteiger partial charge is 0.495 e. The average Bonchev–Trinajstić information content (AvgIpc) is 3.09. The first-order chi connectivity index (χ1) is 13.0. The molecule has 1 unspecified atom stereocenters. The highest BCUT2D eigenvalue weighted by Gasteiger charge is 2.18. The summed E-state index contributed by atoms with van der Waals surface area (Å²) in [7, 11) is 1.58. The molecule has 6 nitrogen and oxygen atoms in total. The third kappa shape index (κ3) is 5.21. The van der Waals surface area contributed by atoms with Crippen LogP contribution in [0.4, 0.5) is 16.5 Å². The van der Waals surface area contributed by atoms with Gasteiger partial charge in [0.15, 0.2) is 4.34 Å². The van der Waals surface area contributed by atoms with E-state index in [9.17, 15) is 4.79 Å². The van der Waals surface area contributed by atoms with Gasteiger partial charge >= 0.3 is 0 Å². The van der Waals surface area contributed by atoms with Crippen LogP contribution in [0.5, 0.6) is 5.75 Å². The third-order valence-electron chi connectivity index (χ3n) is 3.69. The van der Waals surface area contributed by atoms with Crippen LogP contribution in [0.25, 0.3) is 0 Å². The summed E-state index contributed by atoms with van der Waals surface area (Å²) in [5.41, 5.74) is 2.78. The Hall–Kier alpha value is -2.58. The zero-order valence-corrected chi connectivity index (χ0v) is 16.9. The van der Waals surface area contributed by atoms with Gasteiger partial charge in [-0.25, -0.2) is 0 Å². The topological polar surface area (TPSA) is 76.1 Å². The van der Waals surface area contributed by atoms with Crippen molar-refractivity contribution in [2.24, 2.45) is 0 Å². The molecule has 8 heteroatoms. The SMILES string of the molecule is COc1ccccc1NC(=O)C(C)Sc1nnc(Nc2cccc(C)c2)s1. The molecular formula is C19H20N4O2S2. The molecule has 0 aliphatic carbocycles. The van der Waals surface area contributed by atoms with Gasteiger partial charge in [0.25, 0.3) is 0 Å². The van der Waals surface area contributed by atoms with Crippen molar-refractivity contribution in [3.8, 4) is 5.75 Å². The first-order valence-electron chi connectivity index (χ1n) is 8.33. The molecule has 0 fully saturated rings. The summed E-state index contributed by atoms with van der Waals surface area (Å²) >= 11 is 2.79. The van der Waals surface area contributed by atoms with E-state index in [1.54, 1.807) is 13.2 Å². The van der Waals surface area contributed by atoms with Crippen LogP contribution in [0.15, 0.2) is 52.9 Å². The van der Waals surface area contributed by atoms with Gasteiger partial charge in [-0.2, -0.15) is 0 Å². The molecule has 1 atom stereocenters. The lowest BCUT2D eigenvalue weighted by Gasteiger charge is -2.12. The maximum absolute atomic E-state index is 12.5. The Kier molecular flexibility index (Phi) is 6.31. The van der Waals surface area contributed by atoms with E-state index >= 15 is 0 Å². The molecule has 3 aromatic rings. The molecule has 0 saturated heterocycles. The minimum Gasteiger partial charge on any atom is -0.495 e. The van der Waals surface area contributed by atoms with Gasteiger partial charge in [-0.1, -0.05) is 47.4 Å². The van der Waals surface area contributed by atoms with Crippen LogP contribution in [-0.2, 0) is 4.79 Å². The van der Waals surface area contributed by atoms with Crippen LogP contribution in [0.3, 0.4) is 0 Å². The summed E-state index contributed by atoms with van der Waals surface area (Å²) in [4.78, 5) is 12.5. The molecule has 27 heavy (non-hydrogen) atoms. The quantitative estimate of drug-likeness (QED) is 0.559. The van der Waals surface area contributed by atoms with E-state index in [-0.39, 0.29) is 11.2 Å². The molecule has 1 aromatic heterocycles. The second-order valence-corrected chi connectivity index (χ2v) is 8.38. The van der Waals surface area contributed by atoms with Gasteiger partial charge in [0.05, 0.1) is 18.0 Å². The zero-order valence-electron chi connectivity index (χ0n) is 15.2. The van der Waals surface area contributed by atoms with Crippen LogP contribution in [0.1, 0.15) is 12.5 Å². The van der Waals surface area contributed by atoms with Crippen LogP contribution in [0, 0.1) is 6.92 Å². The normalized spacial score (nSPS) is 11.7. The molecule has 0 saturated carbocycles. The van der Waals surface area contributed by atoms with Crippen molar-refractivity contribution >= 4 is 45.5 Å². The lowest BCUT2D eigenvalue weighted by molar-refractivity contribution is -0.115. The van der Waals surface area contributed by atoms with Gasteiger partial charge in [-0.15, -0.1) is 10.2 Å². The number of aryl methyl sites for hydroxylation is 1. The molecule has 1 heterocycles. The third-order valence-corrected chi connectivity index (χ3v) is 5.71. The average molecular weight is 401 g/mol. The number of carbonyl (C=O) groups is 1. The van der Waals surface area contributed by atoms with Crippen LogP contribution in [0.2, 0.25) is 0 Å². The molecule has 0 spiro atoms. The molecule has 0 bridgehead atoms. The number of anilines is 3. The summed E-state index contributed by atoms with van der Waals surface area (Å²) in [5, 5.41) is 14.8. The Morgan fingerprint density at radius 1 is 1.19 bits per heavy atom. The Morgan fingerprint density at radius 3 is 2.78 bits per heavy atom. The van der Waals surface area contributed by atoms with Crippen molar-refractivity contribution in [1.29, 1.82) is 0 Å². The van der Waals surface area contributed by atoms with Gasteiger partial charge in [-0.05, 0) is 43.7 Å². The predicted octanol–water partition coefficient (Wildman–Crippen LogP) is 4.72. The van der Waals surface area contributed by atoms with E-state index in [4.69, 9.17) is 4.74 Å². The van der Waals surface area contributed by atoms with Crippen LogP contribution in [-0.4, -0.2) is 28.5 Å². The van der Waals surface area contributed by atoms with E-state index in [0.717, 1.165) is 10.0 Å². The molecule has 1 amide bonds. The highest BCUT2D eigenvalue weighted by Crippen LogP contribution is 2.31. The number of hydrogen-bond donors (Lipinski definition) is 2. The number of rotatable bonds is 7. The number of hydrogen-bond acceptors (Lipinski definition) is 7. The van der Waals surface area contributed by atoms with Crippen molar-refractivity contribution < 1.29 is 9.53 Å². The fourth-order valence-electron chi connectivity index (χ4n) is 2.34.